The number of rotatable bonds is 6. The zero-order valence-electron chi connectivity index (χ0n) is 10.0. The Morgan fingerprint density at radius 3 is 2.88 bits per heavy atom. The quantitative estimate of drug-likeness (QED) is 0.742. The summed E-state index contributed by atoms with van der Waals surface area (Å²) in [6, 6.07) is 0. The second-order valence-electron chi connectivity index (χ2n) is 4.19. The fourth-order valence-corrected chi connectivity index (χ4v) is 2.08. The van der Waals surface area contributed by atoms with Crippen LogP contribution in [0.4, 0.5) is 0 Å². The molecule has 0 aromatic carbocycles. The molecule has 0 aliphatic rings. The second-order valence-corrected chi connectivity index (χ2v) is 5.08. The lowest BCUT2D eigenvalue weighted by molar-refractivity contribution is -0.121. The molecule has 1 amide bonds. The van der Waals surface area contributed by atoms with Gasteiger partial charge in [0.1, 0.15) is 5.01 Å². The number of hydrogen-bond acceptors (Lipinski definition) is 4. The molecule has 0 aliphatic heterocycles. The van der Waals surface area contributed by atoms with E-state index < -0.39 is 0 Å². The molecule has 2 N–H and O–H groups in total. The van der Waals surface area contributed by atoms with E-state index in [0.29, 0.717) is 6.54 Å². The summed E-state index contributed by atoms with van der Waals surface area (Å²) in [5, 5.41) is 8.88. The van der Waals surface area contributed by atoms with Crippen molar-refractivity contribution in [1.29, 1.82) is 0 Å². The zero-order chi connectivity index (χ0) is 12.0. The molecule has 4 nitrogen and oxygen atoms in total. The van der Waals surface area contributed by atoms with Crippen LogP contribution < -0.4 is 10.6 Å². The highest BCUT2D eigenvalue weighted by Crippen LogP contribution is 2.21. The monoisotopic (exact) mass is 241 g/mol. The molecule has 0 spiro atoms. The maximum absolute atomic E-state index is 11.6. The number of hydrogen-bond donors (Lipinski definition) is 2. The Bertz CT molecular complexity index is 322. The lowest BCUT2D eigenvalue weighted by Gasteiger charge is -2.23. The minimum absolute atomic E-state index is 0.00801. The third-order valence-electron chi connectivity index (χ3n) is 2.13. The number of aromatic nitrogens is 1. The number of amides is 1. The van der Waals surface area contributed by atoms with Crippen LogP contribution in [-0.4, -0.2) is 24.0 Å². The van der Waals surface area contributed by atoms with Crippen LogP contribution in [0, 0.1) is 0 Å². The summed E-state index contributed by atoms with van der Waals surface area (Å²) in [7, 11) is 0. The average molecular weight is 241 g/mol. The molecule has 1 aromatic rings. The first-order chi connectivity index (χ1) is 7.56. The molecule has 5 heteroatoms. The van der Waals surface area contributed by atoms with E-state index in [4.69, 9.17) is 0 Å². The highest BCUT2D eigenvalue weighted by molar-refractivity contribution is 7.09. The molecular formula is C11H19N3OS. The van der Waals surface area contributed by atoms with Crippen molar-refractivity contribution in [1.82, 2.24) is 15.6 Å². The minimum atomic E-state index is -0.390. The third kappa shape index (κ3) is 3.90. The predicted molar refractivity (Wildman–Crippen MR) is 66.4 cm³/mol. The summed E-state index contributed by atoms with van der Waals surface area (Å²) < 4.78 is 0. The van der Waals surface area contributed by atoms with Gasteiger partial charge in [0.25, 0.3) is 0 Å². The first-order valence-corrected chi connectivity index (χ1v) is 6.36. The van der Waals surface area contributed by atoms with Gasteiger partial charge in [0, 0.05) is 11.6 Å². The van der Waals surface area contributed by atoms with Crippen LogP contribution in [0.25, 0.3) is 0 Å². The van der Waals surface area contributed by atoms with Crippen molar-refractivity contribution < 1.29 is 4.79 Å². The maximum atomic E-state index is 11.6. The third-order valence-corrected chi connectivity index (χ3v) is 3.23. The van der Waals surface area contributed by atoms with Gasteiger partial charge in [-0.3, -0.25) is 4.79 Å². The smallest absolute Gasteiger partial charge is 0.234 e. The molecule has 0 saturated heterocycles. The molecule has 0 radical (unpaired) electrons. The Kier molecular flexibility index (Phi) is 4.89. The highest BCUT2D eigenvalue weighted by atomic mass is 32.1. The van der Waals surface area contributed by atoms with Crippen LogP contribution >= 0.6 is 11.3 Å². The van der Waals surface area contributed by atoms with Crippen LogP contribution in [0.5, 0.6) is 0 Å². The molecule has 0 bridgehead atoms. The van der Waals surface area contributed by atoms with Gasteiger partial charge in [0.2, 0.25) is 5.91 Å². The van der Waals surface area contributed by atoms with E-state index >= 15 is 0 Å². The van der Waals surface area contributed by atoms with Gasteiger partial charge in [-0.2, -0.15) is 0 Å². The van der Waals surface area contributed by atoms with E-state index in [1.165, 1.54) is 0 Å². The van der Waals surface area contributed by atoms with Gasteiger partial charge >= 0.3 is 0 Å². The molecule has 0 aliphatic carbocycles. The Balaban J connectivity index is 2.43. The molecule has 90 valence electrons. The Hall–Kier alpha value is -0.940. The first-order valence-electron chi connectivity index (χ1n) is 5.48. The summed E-state index contributed by atoms with van der Waals surface area (Å²) in [5.41, 5.74) is -0.390. The van der Waals surface area contributed by atoms with Crippen molar-refractivity contribution in [2.45, 2.75) is 32.7 Å². The van der Waals surface area contributed by atoms with Crippen molar-refractivity contribution in [3.05, 3.63) is 16.6 Å². The lowest BCUT2D eigenvalue weighted by Crippen LogP contribution is -2.45. The van der Waals surface area contributed by atoms with Crippen LogP contribution in [0.15, 0.2) is 11.6 Å². The molecule has 0 fully saturated rings. The predicted octanol–water partition coefficient (Wildman–Crippen LogP) is 1.49. The summed E-state index contributed by atoms with van der Waals surface area (Å²) in [6.07, 6.45) is 2.78. The molecule has 1 aromatic heterocycles. The van der Waals surface area contributed by atoms with Gasteiger partial charge in [-0.05, 0) is 26.8 Å². The molecule has 1 rings (SSSR count). The van der Waals surface area contributed by atoms with Crippen LogP contribution in [0.1, 0.15) is 32.2 Å². The van der Waals surface area contributed by atoms with Crippen LogP contribution in [0.3, 0.4) is 0 Å². The van der Waals surface area contributed by atoms with Gasteiger partial charge < -0.3 is 10.6 Å². The highest BCUT2D eigenvalue weighted by Gasteiger charge is 2.24. The topological polar surface area (TPSA) is 54.0 Å². The van der Waals surface area contributed by atoms with Gasteiger partial charge in [0.05, 0.1) is 12.1 Å². The van der Waals surface area contributed by atoms with Gasteiger partial charge in [-0.1, -0.05) is 6.92 Å². The number of carbonyl (C=O) groups excluding carboxylic acids is 1. The standard InChI is InChI=1S/C11H19N3OS/c1-4-5-12-8-9(15)14-11(2,3)10-13-6-7-16-10/h6-7,12H,4-5,8H2,1-3H3,(H,14,15). The van der Waals surface area contributed by atoms with E-state index in [-0.39, 0.29) is 11.4 Å². The first kappa shape index (κ1) is 13.1. The normalized spacial score (nSPS) is 11.4. The number of nitrogens with zero attached hydrogens (tertiary/aromatic N) is 1. The van der Waals surface area contributed by atoms with Crippen molar-refractivity contribution in [2.75, 3.05) is 13.1 Å². The second kappa shape index (κ2) is 5.96. The van der Waals surface area contributed by atoms with E-state index in [1.807, 2.05) is 19.2 Å². The number of thiazole rings is 1. The molecule has 0 unspecified atom stereocenters. The molecule has 1 heterocycles. The van der Waals surface area contributed by atoms with Gasteiger partial charge in [-0.25, -0.2) is 4.98 Å². The van der Waals surface area contributed by atoms with Crippen LogP contribution in [-0.2, 0) is 10.3 Å². The SMILES string of the molecule is CCCNCC(=O)NC(C)(C)c1nccs1. The van der Waals surface area contributed by atoms with E-state index in [1.54, 1.807) is 17.5 Å². The summed E-state index contributed by atoms with van der Waals surface area (Å²) in [5.74, 6) is 0.00801. The number of nitrogens with one attached hydrogen (secondary N) is 2. The molecule has 0 atom stereocenters. The Labute approximate surface area is 100 Å². The fourth-order valence-electron chi connectivity index (χ4n) is 1.36. The summed E-state index contributed by atoms with van der Waals surface area (Å²) in [4.78, 5) is 15.9. The van der Waals surface area contributed by atoms with Gasteiger partial charge in [-0.15, -0.1) is 11.3 Å². The largest absolute Gasteiger partial charge is 0.344 e. The summed E-state index contributed by atoms with van der Waals surface area (Å²) in [6.45, 7) is 7.23. The van der Waals surface area contributed by atoms with Gasteiger partial charge in [0.15, 0.2) is 0 Å². The van der Waals surface area contributed by atoms with Crippen molar-refractivity contribution in [2.24, 2.45) is 0 Å². The molecule has 16 heavy (non-hydrogen) atoms. The summed E-state index contributed by atoms with van der Waals surface area (Å²) >= 11 is 1.55. The van der Waals surface area contributed by atoms with Crippen molar-refractivity contribution in [3.8, 4) is 0 Å². The van der Waals surface area contributed by atoms with E-state index in [2.05, 4.69) is 22.5 Å². The van der Waals surface area contributed by atoms with Crippen molar-refractivity contribution >= 4 is 17.2 Å². The molecule has 0 saturated carbocycles. The van der Waals surface area contributed by atoms with E-state index in [0.717, 1.165) is 18.0 Å². The Morgan fingerprint density at radius 2 is 2.31 bits per heavy atom. The van der Waals surface area contributed by atoms with Crippen LogP contribution in [0.2, 0.25) is 0 Å². The van der Waals surface area contributed by atoms with E-state index in [9.17, 15) is 4.79 Å². The molecular weight excluding hydrogens is 222 g/mol. The lowest BCUT2D eigenvalue weighted by atomic mass is 10.1. The Morgan fingerprint density at radius 1 is 1.56 bits per heavy atom. The zero-order valence-corrected chi connectivity index (χ0v) is 10.9. The van der Waals surface area contributed by atoms with Crippen molar-refractivity contribution in [3.63, 3.8) is 0 Å². The maximum Gasteiger partial charge on any atom is 0.234 e. The number of carbonyl (C=O) groups is 1. The fraction of sp³-hybridized carbons (Fsp3) is 0.636. The average Bonchev–Trinajstić information content (AvgIpc) is 2.70. The minimum Gasteiger partial charge on any atom is -0.344 e.